The van der Waals surface area contributed by atoms with E-state index in [9.17, 15) is 14.0 Å². The molecular formula is C30H25FN2O3. The van der Waals surface area contributed by atoms with Gasteiger partial charge in [-0.2, -0.15) is 0 Å². The lowest BCUT2D eigenvalue weighted by atomic mass is 9.88. The van der Waals surface area contributed by atoms with Crippen LogP contribution in [0.2, 0.25) is 0 Å². The Bertz CT molecular complexity index is 1320. The number of halogens is 1. The first-order valence-electron chi connectivity index (χ1n) is 11.8. The Morgan fingerprint density at radius 2 is 1.53 bits per heavy atom. The summed E-state index contributed by atoms with van der Waals surface area (Å²) in [6.07, 6.45) is 0.279. The standard InChI is InChI=1S/C30H25FN2O3/c31-24-13-11-21(12-14-24)19-33-27-16-15-25(17-28(27)36-20-30(33)35)32-29(34)18-26(22-7-3-1-4-8-22)23-9-5-2-6-10-23/h1-17,26H,18-20H2,(H,32,34). The maximum Gasteiger partial charge on any atom is 0.265 e. The van der Waals surface area contributed by atoms with Gasteiger partial charge < -0.3 is 15.0 Å². The first-order chi connectivity index (χ1) is 17.6. The minimum Gasteiger partial charge on any atom is -0.481 e. The van der Waals surface area contributed by atoms with Gasteiger partial charge in [-0.05, 0) is 41.0 Å². The zero-order valence-electron chi connectivity index (χ0n) is 19.6. The first-order valence-corrected chi connectivity index (χ1v) is 11.8. The van der Waals surface area contributed by atoms with E-state index < -0.39 is 0 Å². The van der Waals surface area contributed by atoms with Gasteiger partial charge in [-0.3, -0.25) is 9.59 Å². The molecule has 1 aliphatic heterocycles. The number of anilines is 2. The second-order valence-corrected chi connectivity index (χ2v) is 8.70. The second-order valence-electron chi connectivity index (χ2n) is 8.70. The van der Waals surface area contributed by atoms with Crippen molar-refractivity contribution >= 4 is 23.2 Å². The van der Waals surface area contributed by atoms with Crippen molar-refractivity contribution < 1.29 is 18.7 Å². The third-order valence-corrected chi connectivity index (χ3v) is 6.23. The molecular weight excluding hydrogens is 455 g/mol. The third kappa shape index (κ3) is 5.28. The lowest BCUT2D eigenvalue weighted by Crippen LogP contribution is -2.38. The number of hydrogen-bond acceptors (Lipinski definition) is 3. The van der Waals surface area contributed by atoms with Gasteiger partial charge in [0, 0.05) is 24.1 Å². The van der Waals surface area contributed by atoms with Crippen molar-refractivity contribution in [2.45, 2.75) is 18.9 Å². The predicted octanol–water partition coefficient (Wildman–Crippen LogP) is 5.91. The highest BCUT2D eigenvalue weighted by atomic mass is 19.1. The van der Waals surface area contributed by atoms with E-state index in [1.807, 2.05) is 60.7 Å². The maximum atomic E-state index is 13.3. The first kappa shape index (κ1) is 23.3. The average Bonchev–Trinajstić information content (AvgIpc) is 2.91. The number of carbonyl (C=O) groups excluding carboxylic acids is 2. The summed E-state index contributed by atoms with van der Waals surface area (Å²) >= 11 is 0. The van der Waals surface area contributed by atoms with Gasteiger partial charge in [0.05, 0.1) is 12.2 Å². The van der Waals surface area contributed by atoms with Gasteiger partial charge in [0.15, 0.2) is 6.61 Å². The number of nitrogens with one attached hydrogen (secondary N) is 1. The molecule has 0 aromatic heterocycles. The van der Waals surface area contributed by atoms with Crippen LogP contribution < -0.4 is 15.0 Å². The molecule has 5 rings (SSSR count). The minimum atomic E-state index is -0.324. The van der Waals surface area contributed by atoms with Crippen LogP contribution >= 0.6 is 0 Å². The number of hydrogen-bond donors (Lipinski definition) is 1. The molecule has 180 valence electrons. The SMILES string of the molecule is O=C(CC(c1ccccc1)c1ccccc1)Nc1ccc2c(c1)OCC(=O)N2Cc1ccc(F)cc1. The van der Waals surface area contributed by atoms with Crippen molar-refractivity contribution in [2.24, 2.45) is 0 Å². The number of benzene rings is 4. The molecule has 0 atom stereocenters. The van der Waals surface area contributed by atoms with Crippen LogP contribution in [-0.4, -0.2) is 18.4 Å². The fourth-order valence-corrected chi connectivity index (χ4v) is 4.42. The van der Waals surface area contributed by atoms with Crippen LogP contribution in [0.5, 0.6) is 5.75 Å². The van der Waals surface area contributed by atoms with Crippen LogP contribution in [0.4, 0.5) is 15.8 Å². The van der Waals surface area contributed by atoms with Gasteiger partial charge in [-0.25, -0.2) is 4.39 Å². The fraction of sp³-hybridized carbons (Fsp3) is 0.133. The molecule has 0 spiro atoms. The Hall–Kier alpha value is -4.45. The Kier molecular flexibility index (Phi) is 6.76. The summed E-state index contributed by atoms with van der Waals surface area (Å²) in [4.78, 5) is 27.2. The van der Waals surface area contributed by atoms with Gasteiger partial charge >= 0.3 is 0 Å². The summed E-state index contributed by atoms with van der Waals surface area (Å²) < 4.78 is 18.9. The molecule has 6 heteroatoms. The molecule has 5 nitrogen and oxygen atoms in total. The van der Waals surface area contributed by atoms with Crippen LogP contribution in [0.3, 0.4) is 0 Å². The number of fused-ring (bicyclic) bond motifs is 1. The van der Waals surface area contributed by atoms with Crippen molar-refractivity contribution in [3.63, 3.8) is 0 Å². The van der Waals surface area contributed by atoms with Crippen molar-refractivity contribution in [3.05, 3.63) is 126 Å². The molecule has 0 radical (unpaired) electrons. The van der Waals surface area contributed by atoms with Crippen molar-refractivity contribution in [1.82, 2.24) is 0 Å². The number of amides is 2. The normalized spacial score (nSPS) is 12.7. The van der Waals surface area contributed by atoms with Crippen LogP contribution in [0, 0.1) is 5.82 Å². The Balaban J connectivity index is 1.32. The van der Waals surface area contributed by atoms with E-state index in [-0.39, 0.29) is 36.6 Å². The molecule has 4 aromatic rings. The third-order valence-electron chi connectivity index (χ3n) is 6.23. The Labute approximate surface area is 209 Å². The molecule has 36 heavy (non-hydrogen) atoms. The van der Waals surface area contributed by atoms with E-state index in [0.717, 1.165) is 16.7 Å². The van der Waals surface area contributed by atoms with Gasteiger partial charge in [-0.1, -0.05) is 72.8 Å². The summed E-state index contributed by atoms with van der Waals surface area (Å²) in [5.41, 5.74) is 4.16. The quantitative estimate of drug-likeness (QED) is 0.358. The zero-order chi connectivity index (χ0) is 24.9. The van der Waals surface area contributed by atoms with E-state index in [1.165, 1.54) is 12.1 Å². The largest absolute Gasteiger partial charge is 0.481 e. The molecule has 0 aliphatic carbocycles. The van der Waals surface area contributed by atoms with E-state index >= 15 is 0 Å². The minimum absolute atomic E-state index is 0.0786. The summed E-state index contributed by atoms with van der Waals surface area (Å²) in [6.45, 7) is 0.201. The Morgan fingerprint density at radius 1 is 0.889 bits per heavy atom. The average molecular weight is 481 g/mol. The highest BCUT2D eigenvalue weighted by Gasteiger charge is 2.26. The topological polar surface area (TPSA) is 58.6 Å². The van der Waals surface area contributed by atoms with Crippen LogP contribution in [0.15, 0.2) is 103 Å². The van der Waals surface area contributed by atoms with E-state index in [2.05, 4.69) is 5.32 Å². The molecule has 0 fully saturated rings. The van der Waals surface area contributed by atoms with E-state index in [0.29, 0.717) is 23.7 Å². The van der Waals surface area contributed by atoms with Gasteiger partial charge in [0.2, 0.25) is 5.91 Å². The lowest BCUT2D eigenvalue weighted by molar-refractivity contribution is -0.121. The Morgan fingerprint density at radius 3 is 2.17 bits per heavy atom. The van der Waals surface area contributed by atoms with Crippen molar-refractivity contribution in [2.75, 3.05) is 16.8 Å². The van der Waals surface area contributed by atoms with Crippen LogP contribution in [-0.2, 0) is 16.1 Å². The molecule has 2 amide bonds. The lowest BCUT2D eigenvalue weighted by Gasteiger charge is -2.30. The van der Waals surface area contributed by atoms with Gasteiger partial charge in [0.1, 0.15) is 11.6 Å². The summed E-state index contributed by atoms with van der Waals surface area (Å²) in [7, 11) is 0. The number of nitrogens with zero attached hydrogens (tertiary/aromatic N) is 1. The predicted molar refractivity (Wildman–Crippen MR) is 138 cm³/mol. The molecule has 0 saturated heterocycles. The molecule has 0 bridgehead atoms. The molecule has 4 aromatic carbocycles. The monoisotopic (exact) mass is 480 g/mol. The number of rotatable bonds is 7. The molecule has 0 unspecified atom stereocenters. The number of carbonyl (C=O) groups is 2. The molecule has 0 saturated carbocycles. The molecule has 1 aliphatic rings. The van der Waals surface area contributed by atoms with E-state index in [4.69, 9.17) is 4.74 Å². The summed E-state index contributed by atoms with van der Waals surface area (Å²) in [5, 5.41) is 2.98. The molecule has 1 N–H and O–H groups in total. The maximum absolute atomic E-state index is 13.3. The van der Waals surface area contributed by atoms with Crippen molar-refractivity contribution in [1.29, 1.82) is 0 Å². The highest BCUT2D eigenvalue weighted by molar-refractivity contribution is 5.99. The van der Waals surface area contributed by atoms with Crippen molar-refractivity contribution in [3.8, 4) is 5.75 Å². The number of ether oxygens (including phenoxy) is 1. The smallest absolute Gasteiger partial charge is 0.265 e. The summed E-state index contributed by atoms with van der Waals surface area (Å²) in [5.74, 6) is -0.197. The second kappa shape index (κ2) is 10.4. The summed E-state index contributed by atoms with van der Waals surface area (Å²) in [6, 6.07) is 31.3. The van der Waals surface area contributed by atoms with Crippen LogP contribution in [0.1, 0.15) is 29.0 Å². The highest BCUT2D eigenvalue weighted by Crippen LogP contribution is 2.36. The van der Waals surface area contributed by atoms with Crippen LogP contribution in [0.25, 0.3) is 0 Å². The zero-order valence-corrected chi connectivity index (χ0v) is 19.6. The van der Waals surface area contributed by atoms with Gasteiger partial charge in [0.25, 0.3) is 5.91 Å². The van der Waals surface area contributed by atoms with Gasteiger partial charge in [-0.15, -0.1) is 0 Å². The fourth-order valence-electron chi connectivity index (χ4n) is 4.42. The molecule has 1 heterocycles. The van der Waals surface area contributed by atoms with E-state index in [1.54, 1.807) is 35.2 Å².